The summed E-state index contributed by atoms with van der Waals surface area (Å²) in [5, 5.41) is 9.03. The zero-order valence-corrected chi connectivity index (χ0v) is 24.8. The normalized spacial score (nSPS) is 10.6. The molecule has 0 bridgehead atoms. The molecular formula is C32H27BrN4O6. The van der Waals surface area contributed by atoms with E-state index in [1.165, 1.54) is 18.3 Å². The van der Waals surface area contributed by atoms with Crippen molar-refractivity contribution in [3.63, 3.8) is 0 Å². The fraction of sp³-hybridized carbons (Fsp3) is 0.0938. The molecule has 0 atom stereocenters. The molecule has 0 aliphatic rings. The van der Waals surface area contributed by atoms with Crippen molar-refractivity contribution in [3.8, 4) is 11.5 Å². The van der Waals surface area contributed by atoms with E-state index in [4.69, 9.17) is 9.47 Å². The summed E-state index contributed by atoms with van der Waals surface area (Å²) in [4.78, 5) is 50.6. The maximum atomic E-state index is 12.9. The van der Waals surface area contributed by atoms with Crippen molar-refractivity contribution in [3.05, 3.63) is 118 Å². The first-order valence-corrected chi connectivity index (χ1v) is 13.9. The number of aryl methyl sites for hydroxylation is 1. The number of halogens is 1. The summed E-state index contributed by atoms with van der Waals surface area (Å²) in [7, 11) is 0. The number of para-hydroxylation sites is 1. The molecule has 11 heteroatoms. The van der Waals surface area contributed by atoms with Gasteiger partial charge in [-0.3, -0.25) is 14.4 Å². The van der Waals surface area contributed by atoms with Crippen LogP contribution in [-0.4, -0.2) is 36.5 Å². The molecule has 4 rings (SSSR count). The molecule has 0 radical (unpaired) electrons. The lowest BCUT2D eigenvalue weighted by molar-refractivity contribution is -0.136. The number of hydrogen-bond acceptors (Lipinski definition) is 7. The minimum atomic E-state index is -1.08. The predicted molar refractivity (Wildman–Crippen MR) is 167 cm³/mol. The van der Waals surface area contributed by atoms with Crippen LogP contribution in [0, 0.1) is 6.92 Å². The molecule has 4 aromatic rings. The third kappa shape index (κ3) is 8.60. The minimum absolute atomic E-state index is 0.132. The number of ether oxygens (including phenoxy) is 2. The summed E-state index contributed by atoms with van der Waals surface area (Å²) in [6.07, 6.45) is 1.24. The summed E-state index contributed by atoms with van der Waals surface area (Å²) in [6, 6.07) is 24.9. The van der Waals surface area contributed by atoms with E-state index in [-0.39, 0.29) is 17.0 Å². The third-order valence-corrected chi connectivity index (χ3v) is 6.37. The number of amides is 3. The van der Waals surface area contributed by atoms with Crippen molar-refractivity contribution in [2.24, 2.45) is 5.10 Å². The highest BCUT2D eigenvalue weighted by atomic mass is 79.9. The van der Waals surface area contributed by atoms with E-state index in [0.29, 0.717) is 33.6 Å². The number of nitrogens with one attached hydrogen (secondary N) is 3. The zero-order valence-electron chi connectivity index (χ0n) is 23.2. The summed E-state index contributed by atoms with van der Waals surface area (Å²) in [6.45, 7) is 4.30. The Labute approximate surface area is 256 Å². The minimum Gasteiger partial charge on any atom is -0.494 e. The van der Waals surface area contributed by atoms with Gasteiger partial charge in [0.05, 0.1) is 29.6 Å². The van der Waals surface area contributed by atoms with Crippen LogP contribution in [0.5, 0.6) is 11.5 Å². The van der Waals surface area contributed by atoms with E-state index in [0.717, 1.165) is 5.56 Å². The molecule has 43 heavy (non-hydrogen) atoms. The average Bonchev–Trinajstić information content (AvgIpc) is 3.00. The number of nitrogens with zero attached hydrogens (tertiary/aromatic N) is 1. The fourth-order valence-electron chi connectivity index (χ4n) is 3.74. The van der Waals surface area contributed by atoms with Gasteiger partial charge in [-0.2, -0.15) is 5.10 Å². The predicted octanol–water partition coefficient (Wildman–Crippen LogP) is 5.72. The van der Waals surface area contributed by atoms with E-state index in [1.54, 1.807) is 78.9 Å². The lowest BCUT2D eigenvalue weighted by atomic mass is 10.1. The Kier molecular flexibility index (Phi) is 10.4. The molecule has 0 aliphatic heterocycles. The Balaban J connectivity index is 1.39. The molecule has 0 unspecified atom stereocenters. The van der Waals surface area contributed by atoms with Gasteiger partial charge in [-0.05, 0) is 80.6 Å². The van der Waals surface area contributed by atoms with E-state index >= 15 is 0 Å². The largest absolute Gasteiger partial charge is 0.494 e. The monoisotopic (exact) mass is 642 g/mol. The van der Waals surface area contributed by atoms with Crippen LogP contribution in [0.4, 0.5) is 11.4 Å². The van der Waals surface area contributed by atoms with Crippen LogP contribution in [0.1, 0.15) is 38.8 Å². The average molecular weight is 643 g/mol. The van der Waals surface area contributed by atoms with E-state index < -0.39 is 23.7 Å². The molecule has 0 spiro atoms. The number of hydrogen-bond donors (Lipinski definition) is 3. The van der Waals surface area contributed by atoms with Crippen LogP contribution in [0.2, 0.25) is 0 Å². The molecule has 3 N–H and O–H groups in total. The van der Waals surface area contributed by atoms with Crippen molar-refractivity contribution in [2.75, 3.05) is 17.2 Å². The Bertz CT molecular complexity index is 1670. The van der Waals surface area contributed by atoms with Crippen molar-refractivity contribution in [2.45, 2.75) is 13.8 Å². The number of benzene rings is 4. The molecule has 0 fully saturated rings. The number of hydrazone groups is 1. The lowest BCUT2D eigenvalue weighted by Gasteiger charge is -2.11. The molecule has 0 saturated heterocycles. The summed E-state index contributed by atoms with van der Waals surface area (Å²) < 4.78 is 11.6. The third-order valence-electron chi connectivity index (χ3n) is 5.88. The van der Waals surface area contributed by atoms with Crippen molar-refractivity contribution < 1.29 is 28.7 Å². The van der Waals surface area contributed by atoms with Crippen LogP contribution < -0.4 is 25.5 Å². The molecule has 0 saturated carbocycles. The molecule has 3 amide bonds. The van der Waals surface area contributed by atoms with Crippen molar-refractivity contribution in [1.29, 1.82) is 0 Å². The summed E-state index contributed by atoms with van der Waals surface area (Å²) in [5.41, 5.74) is 4.69. The Morgan fingerprint density at radius 1 is 0.860 bits per heavy atom. The van der Waals surface area contributed by atoms with Gasteiger partial charge in [0.25, 0.3) is 5.91 Å². The van der Waals surface area contributed by atoms with Crippen LogP contribution >= 0.6 is 15.9 Å². The maximum Gasteiger partial charge on any atom is 0.343 e. The maximum absolute atomic E-state index is 12.9. The standard InChI is InChI=1S/C32H27BrN4O6/c1-3-42-25-15-13-24(14-16-25)35-29(38)26-6-4-5-7-27(26)36-30(39)31(40)37-34-19-22-18-23(33)12-17-28(22)43-32(41)21-10-8-20(2)9-11-21/h4-19H,3H2,1-2H3,(H,35,38)(H,36,39)(H,37,40)/b34-19-. The second kappa shape index (κ2) is 14.6. The number of carbonyl (C=O) groups excluding carboxylic acids is 4. The highest BCUT2D eigenvalue weighted by Gasteiger charge is 2.18. The number of anilines is 2. The van der Waals surface area contributed by atoms with Gasteiger partial charge in [-0.1, -0.05) is 45.8 Å². The Hall–Kier alpha value is -5.29. The molecule has 0 aliphatic carbocycles. The number of esters is 1. The van der Waals surface area contributed by atoms with Gasteiger partial charge >= 0.3 is 17.8 Å². The van der Waals surface area contributed by atoms with Gasteiger partial charge in [0.2, 0.25) is 0 Å². The van der Waals surface area contributed by atoms with E-state index in [2.05, 4.69) is 37.1 Å². The van der Waals surface area contributed by atoms with Gasteiger partial charge in [0.1, 0.15) is 11.5 Å². The van der Waals surface area contributed by atoms with Gasteiger partial charge in [-0.25, -0.2) is 10.2 Å². The van der Waals surface area contributed by atoms with Crippen LogP contribution in [0.15, 0.2) is 101 Å². The van der Waals surface area contributed by atoms with Crippen LogP contribution in [0.25, 0.3) is 0 Å². The Morgan fingerprint density at radius 3 is 2.30 bits per heavy atom. The topological polar surface area (TPSA) is 135 Å². The molecular weight excluding hydrogens is 616 g/mol. The van der Waals surface area contributed by atoms with Gasteiger partial charge in [0.15, 0.2) is 0 Å². The first-order valence-electron chi connectivity index (χ1n) is 13.1. The first-order chi connectivity index (χ1) is 20.7. The first kappa shape index (κ1) is 30.7. The lowest BCUT2D eigenvalue weighted by Crippen LogP contribution is -2.33. The van der Waals surface area contributed by atoms with Crippen LogP contribution in [-0.2, 0) is 9.59 Å². The molecule has 0 heterocycles. The van der Waals surface area contributed by atoms with Crippen molar-refractivity contribution in [1.82, 2.24) is 5.43 Å². The van der Waals surface area contributed by atoms with E-state index in [1.807, 2.05) is 13.8 Å². The molecule has 0 aromatic heterocycles. The van der Waals surface area contributed by atoms with Crippen molar-refractivity contribution >= 4 is 57.2 Å². The highest BCUT2D eigenvalue weighted by molar-refractivity contribution is 9.10. The fourth-order valence-corrected chi connectivity index (χ4v) is 4.12. The zero-order chi connectivity index (χ0) is 30.8. The van der Waals surface area contributed by atoms with Crippen LogP contribution in [0.3, 0.4) is 0 Å². The SMILES string of the molecule is CCOc1ccc(NC(=O)c2ccccc2NC(=O)C(=O)N/N=C\c2cc(Br)ccc2OC(=O)c2ccc(C)cc2)cc1. The quantitative estimate of drug-likeness (QED) is 0.0703. The molecule has 4 aromatic carbocycles. The van der Waals surface area contributed by atoms with E-state index in [9.17, 15) is 19.2 Å². The molecule has 218 valence electrons. The number of carbonyl (C=O) groups is 4. The summed E-state index contributed by atoms with van der Waals surface area (Å²) in [5.74, 6) is -2.30. The van der Waals surface area contributed by atoms with Gasteiger partial charge in [0, 0.05) is 15.7 Å². The Morgan fingerprint density at radius 2 is 1.58 bits per heavy atom. The number of rotatable bonds is 9. The summed E-state index contributed by atoms with van der Waals surface area (Å²) >= 11 is 3.35. The molecule has 10 nitrogen and oxygen atoms in total. The second-order valence-electron chi connectivity index (χ2n) is 9.05. The second-order valence-corrected chi connectivity index (χ2v) is 9.96. The van der Waals surface area contributed by atoms with Gasteiger partial charge in [-0.15, -0.1) is 0 Å². The highest BCUT2D eigenvalue weighted by Crippen LogP contribution is 2.23. The van der Waals surface area contributed by atoms with Gasteiger partial charge < -0.3 is 20.1 Å². The smallest absolute Gasteiger partial charge is 0.343 e.